The molecule has 1 heterocycles. The van der Waals surface area contributed by atoms with Crippen molar-refractivity contribution in [3.05, 3.63) is 94.5 Å². The number of carbonyl (C=O) groups excluding carboxylic acids is 1. The number of thiophene rings is 1. The van der Waals surface area contributed by atoms with Crippen LogP contribution in [0.4, 0.5) is 21.4 Å². The highest BCUT2D eigenvalue weighted by molar-refractivity contribution is 7.20. The van der Waals surface area contributed by atoms with Crippen molar-refractivity contribution in [2.24, 2.45) is 10.2 Å². The van der Waals surface area contributed by atoms with Crippen LogP contribution in [-0.2, 0) is 0 Å². The lowest BCUT2D eigenvalue weighted by Crippen LogP contribution is -2.16. The van der Waals surface area contributed by atoms with Crippen molar-refractivity contribution in [3.8, 4) is 17.2 Å². The van der Waals surface area contributed by atoms with Crippen molar-refractivity contribution in [1.82, 2.24) is 0 Å². The Morgan fingerprint density at radius 2 is 1.48 bits per heavy atom. The van der Waals surface area contributed by atoms with Crippen LogP contribution in [-0.4, -0.2) is 39.1 Å². The van der Waals surface area contributed by atoms with E-state index in [2.05, 4.69) is 15.5 Å². The first kappa shape index (κ1) is 27.2. The van der Waals surface area contributed by atoms with Gasteiger partial charge in [0, 0.05) is 11.3 Å². The number of nitrogens with two attached hydrogens (primary N) is 1. The van der Waals surface area contributed by atoms with Crippen LogP contribution in [0.15, 0.2) is 77.0 Å². The Morgan fingerprint density at radius 1 is 0.825 bits per heavy atom. The van der Waals surface area contributed by atoms with E-state index in [1.54, 1.807) is 18.2 Å². The molecule has 40 heavy (non-hydrogen) atoms. The van der Waals surface area contributed by atoms with E-state index in [9.17, 15) is 39.8 Å². The molecule has 6 N–H and O–H groups in total. The number of carboxylic acid groups (broad SMARTS) is 3. The van der Waals surface area contributed by atoms with Crippen LogP contribution >= 0.6 is 11.3 Å². The SMILES string of the molecule is N#Cc1c(N)sc(N=Nc2cc(C(=O)O)cc(C(=O)O)c2)c1-c1cccc(NC(=O)c2ccccc2C(=O)O)c1. The zero-order chi connectivity index (χ0) is 29.0. The van der Waals surface area contributed by atoms with Crippen molar-refractivity contribution in [1.29, 1.82) is 5.26 Å². The van der Waals surface area contributed by atoms with Crippen LogP contribution < -0.4 is 11.1 Å². The molecule has 4 aromatic rings. The van der Waals surface area contributed by atoms with E-state index in [4.69, 9.17) is 5.73 Å². The van der Waals surface area contributed by atoms with E-state index in [0.29, 0.717) is 11.3 Å². The number of azo groups is 1. The van der Waals surface area contributed by atoms with E-state index < -0.39 is 23.8 Å². The normalized spacial score (nSPS) is 10.7. The highest BCUT2D eigenvalue weighted by atomic mass is 32.1. The summed E-state index contributed by atoms with van der Waals surface area (Å²) in [4.78, 5) is 47.1. The summed E-state index contributed by atoms with van der Waals surface area (Å²) in [5.74, 6) is -4.62. The summed E-state index contributed by atoms with van der Waals surface area (Å²) in [7, 11) is 0. The number of benzene rings is 3. The van der Waals surface area contributed by atoms with Gasteiger partial charge in [-0.05, 0) is 48.0 Å². The largest absolute Gasteiger partial charge is 0.478 e. The first-order chi connectivity index (χ1) is 19.1. The second-order valence-corrected chi connectivity index (χ2v) is 9.13. The first-order valence-electron chi connectivity index (χ1n) is 11.2. The molecule has 0 radical (unpaired) electrons. The molecule has 1 aromatic heterocycles. The number of anilines is 2. The fourth-order valence-corrected chi connectivity index (χ4v) is 4.58. The van der Waals surface area contributed by atoms with Gasteiger partial charge in [-0.2, -0.15) is 5.26 Å². The van der Waals surface area contributed by atoms with Gasteiger partial charge < -0.3 is 26.4 Å². The summed E-state index contributed by atoms with van der Waals surface area (Å²) >= 11 is 0.932. The van der Waals surface area contributed by atoms with Gasteiger partial charge in [-0.25, -0.2) is 14.4 Å². The number of nitrogens with one attached hydrogen (secondary N) is 1. The van der Waals surface area contributed by atoms with E-state index in [0.717, 1.165) is 29.5 Å². The summed E-state index contributed by atoms with van der Waals surface area (Å²) in [5, 5.41) is 48.8. The third-order valence-corrected chi connectivity index (χ3v) is 6.41. The predicted octanol–water partition coefficient (Wildman–Crippen LogP) is 5.63. The minimum Gasteiger partial charge on any atom is -0.478 e. The van der Waals surface area contributed by atoms with Crippen molar-refractivity contribution in [2.45, 2.75) is 0 Å². The summed E-state index contributed by atoms with van der Waals surface area (Å²) in [6.45, 7) is 0. The molecular weight excluding hydrogens is 538 g/mol. The molecule has 12 nitrogen and oxygen atoms in total. The number of carboxylic acids is 3. The summed E-state index contributed by atoms with van der Waals surface area (Å²) in [6.07, 6.45) is 0. The zero-order valence-electron chi connectivity index (χ0n) is 20.2. The molecule has 0 bridgehead atoms. The van der Waals surface area contributed by atoms with E-state index in [1.807, 2.05) is 6.07 Å². The van der Waals surface area contributed by atoms with Gasteiger partial charge in [0.1, 0.15) is 16.1 Å². The number of aromatic carboxylic acids is 3. The Kier molecular flexibility index (Phi) is 7.64. The van der Waals surface area contributed by atoms with Gasteiger partial charge in [-0.3, -0.25) is 4.79 Å². The number of nitriles is 1. The lowest BCUT2D eigenvalue weighted by Gasteiger charge is -2.09. The monoisotopic (exact) mass is 555 g/mol. The second-order valence-electron chi connectivity index (χ2n) is 8.10. The van der Waals surface area contributed by atoms with Gasteiger partial charge in [0.15, 0.2) is 0 Å². The summed E-state index contributed by atoms with van der Waals surface area (Å²) in [6, 6.07) is 17.3. The Labute approximate surface area is 229 Å². The Balaban J connectivity index is 1.73. The van der Waals surface area contributed by atoms with E-state index >= 15 is 0 Å². The van der Waals surface area contributed by atoms with Crippen LogP contribution in [0.25, 0.3) is 11.1 Å². The Bertz CT molecular complexity index is 1740. The molecule has 4 rings (SSSR count). The number of amides is 1. The Morgan fingerprint density at radius 3 is 2.08 bits per heavy atom. The highest BCUT2D eigenvalue weighted by Gasteiger charge is 2.20. The predicted molar refractivity (Wildman–Crippen MR) is 145 cm³/mol. The van der Waals surface area contributed by atoms with Crippen molar-refractivity contribution in [3.63, 3.8) is 0 Å². The number of nitrogens with zero attached hydrogens (tertiary/aromatic N) is 3. The first-order valence-corrected chi connectivity index (χ1v) is 12.0. The molecule has 198 valence electrons. The third-order valence-electron chi connectivity index (χ3n) is 5.51. The molecule has 3 aromatic carbocycles. The molecule has 0 aliphatic rings. The smallest absolute Gasteiger partial charge is 0.336 e. The van der Waals surface area contributed by atoms with Gasteiger partial charge in [0.05, 0.1) is 33.5 Å². The molecule has 0 saturated carbocycles. The maximum atomic E-state index is 12.8. The van der Waals surface area contributed by atoms with Crippen molar-refractivity contribution < 1.29 is 34.5 Å². The van der Waals surface area contributed by atoms with E-state index in [-0.39, 0.29) is 49.1 Å². The third kappa shape index (κ3) is 5.67. The van der Waals surface area contributed by atoms with Gasteiger partial charge in [0.2, 0.25) is 0 Å². The second kappa shape index (κ2) is 11.3. The van der Waals surface area contributed by atoms with Crippen molar-refractivity contribution in [2.75, 3.05) is 11.1 Å². The van der Waals surface area contributed by atoms with Gasteiger partial charge in [-0.15, -0.1) is 10.2 Å². The molecule has 0 fully saturated rings. The molecule has 13 heteroatoms. The van der Waals surface area contributed by atoms with Crippen LogP contribution in [0.5, 0.6) is 0 Å². The zero-order valence-corrected chi connectivity index (χ0v) is 21.0. The molecule has 1 amide bonds. The lowest BCUT2D eigenvalue weighted by molar-refractivity contribution is 0.0681. The molecule has 0 saturated heterocycles. The highest BCUT2D eigenvalue weighted by Crippen LogP contribution is 2.45. The molecule has 0 aliphatic heterocycles. The fourth-order valence-electron chi connectivity index (χ4n) is 3.72. The average molecular weight is 556 g/mol. The number of rotatable bonds is 8. The maximum Gasteiger partial charge on any atom is 0.336 e. The minimum absolute atomic E-state index is 0.0447. The fraction of sp³-hybridized carbons (Fsp3) is 0. The average Bonchev–Trinajstić information content (AvgIpc) is 3.26. The quantitative estimate of drug-likeness (QED) is 0.170. The van der Waals surface area contributed by atoms with Crippen molar-refractivity contribution >= 4 is 56.5 Å². The van der Waals surface area contributed by atoms with Gasteiger partial charge in [-0.1, -0.05) is 35.6 Å². The molecule has 0 unspecified atom stereocenters. The summed E-state index contributed by atoms with van der Waals surface area (Å²) < 4.78 is 0. The van der Waals surface area contributed by atoms with Crippen LogP contribution in [0, 0.1) is 11.3 Å². The molecule has 0 atom stereocenters. The molecule has 0 spiro atoms. The van der Waals surface area contributed by atoms with Crippen LogP contribution in [0.3, 0.4) is 0 Å². The number of hydrogen-bond acceptors (Lipinski definition) is 9. The summed E-state index contributed by atoms with van der Waals surface area (Å²) in [5.41, 5.74) is 6.26. The number of carbonyl (C=O) groups is 4. The van der Waals surface area contributed by atoms with Gasteiger partial charge >= 0.3 is 17.9 Å². The lowest BCUT2D eigenvalue weighted by atomic mass is 10.0. The standard InChI is InChI=1S/C27H17N5O7S/c28-12-20-21(13-4-3-5-16(9-13)30-23(33)18-6-1-2-7-19(18)27(38)39)24(40-22(20)29)32-31-17-10-14(25(34)35)8-15(11-17)26(36)37/h1-11H,29H2,(H,30,33)(H,34,35)(H,36,37)(H,38,39). The molecular formula is C27H17N5O7S. The molecule has 0 aliphatic carbocycles. The topological polar surface area (TPSA) is 216 Å². The van der Waals surface area contributed by atoms with Crippen LogP contribution in [0.2, 0.25) is 0 Å². The minimum atomic E-state index is -1.35. The van der Waals surface area contributed by atoms with Gasteiger partial charge in [0.25, 0.3) is 5.91 Å². The van der Waals surface area contributed by atoms with Crippen LogP contribution in [0.1, 0.15) is 47.0 Å². The Hall–Kier alpha value is -5.87. The maximum absolute atomic E-state index is 12.8. The number of nitrogen functional groups attached to an aromatic ring is 1. The number of hydrogen-bond donors (Lipinski definition) is 5. The van der Waals surface area contributed by atoms with E-state index in [1.165, 1.54) is 30.3 Å².